The minimum absolute atomic E-state index is 0.329. The number of thiophene rings is 1. The van der Waals surface area contributed by atoms with Crippen molar-refractivity contribution in [2.45, 2.75) is 19.9 Å². The molecule has 16 heavy (non-hydrogen) atoms. The minimum Gasteiger partial charge on any atom is -0.548 e. The van der Waals surface area contributed by atoms with Crippen molar-refractivity contribution in [3.8, 4) is 0 Å². The molecule has 2 aromatic rings. The van der Waals surface area contributed by atoms with E-state index in [1.54, 1.807) is 6.07 Å². The fourth-order valence-corrected chi connectivity index (χ4v) is 2.36. The molecule has 2 aromatic heterocycles. The third kappa shape index (κ3) is 1.83. The van der Waals surface area contributed by atoms with E-state index in [2.05, 4.69) is 4.98 Å². The molecule has 0 aliphatic rings. The van der Waals surface area contributed by atoms with Crippen molar-refractivity contribution < 1.29 is 9.90 Å². The Labute approximate surface area is 95.0 Å². The molecule has 0 aliphatic carbocycles. The molecule has 84 valence electrons. The van der Waals surface area contributed by atoms with Gasteiger partial charge in [-0.05, 0) is 12.5 Å². The smallest absolute Gasteiger partial charge is 0.262 e. The summed E-state index contributed by atoms with van der Waals surface area (Å²) in [5.41, 5.74) is -0.329. The summed E-state index contributed by atoms with van der Waals surface area (Å²) in [7, 11) is 0. The van der Waals surface area contributed by atoms with Crippen LogP contribution in [0.5, 0.6) is 0 Å². The summed E-state index contributed by atoms with van der Waals surface area (Å²) in [6, 6.07) is 1.76. The van der Waals surface area contributed by atoms with Crippen molar-refractivity contribution in [3.05, 3.63) is 27.6 Å². The summed E-state index contributed by atoms with van der Waals surface area (Å²) in [4.78, 5) is 28.0. The minimum atomic E-state index is -1.30. The molecule has 0 spiro atoms. The van der Waals surface area contributed by atoms with E-state index in [-0.39, 0.29) is 5.56 Å². The second-order valence-corrected chi connectivity index (χ2v) is 4.45. The molecule has 2 rings (SSSR count). The Balaban J connectivity index is 2.59. The Morgan fingerprint density at radius 2 is 2.38 bits per heavy atom. The Hall–Kier alpha value is -1.69. The van der Waals surface area contributed by atoms with Crippen LogP contribution >= 0.6 is 11.3 Å². The van der Waals surface area contributed by atoms with Crippen molar-refractivity contribution in [1.29, 1.82) is 0 Å². The third-order valence-corrected chi connectivity index (χ3v) is 3.40. The molecule has 0 radical (unpaired) electrons. The van der Waals surface area contributed by atoms with Gasteiger partial charge < -0.3 is 9.90 Å². The molecule has 2 heterocycles. The lowest BCUT2D eigenvalue weighted by Crippen LogP contribution is -2.32. The lowest BCUT2D eigenvalue weighted by Gasteiger charge is -2.04. The molecule has 0 atom stereocenters. The summed E-state index contributed by atoms with van der Waals surface area (Å²) >= 11 is 1.45. The van der Waals surface area contributed by atoms with Gasteiger partial charge in [-0.3, -0.25) is 9.36 Å². The monoisotopic (exact) mass is 237 g/mol. The number of carboxylic acids is 1. The van der Waals surface area contributed by atoms with Crippen LogP contribution in [0.4, 0.5) is 0 Å². The van der Waals surface area contributed by atoms with Crippen LogP contribution in [0.25, 0.3) is 10.2 Å². The number of carboxylic acid groups (broad SMARTS) is 1. The van der Waals surface area contributed by atoms with Gasteiger partial charge in [-0.1, -0.05) is 6.92 Å². The van der Waals surface area contributed by atoms with Crippen LogP contribution in [0.2, 0.25) is 0 Å². The van der Waals surface area contributed by atoms with E-state index in [4.69, 9.17) is 0 Å². The molecule has 0 unspecified atom stereocenters. The first-order chi connectivity index (χ1) is 7.61. The van der Waals surface area contributed by atoms with E-state index >= 15 is 0 Å². The number of aromatic nitrogens is 2. The highest BCUT2D eigenvalue weighted by atomic mass is 32.1. The number of fused-ring (bicyclic) bond motifs is 1. The zero-order valence-electron chi connectivity index (χ0n) is 8.60. The quantitative estimate of drug-likeness (QED) is 0.739. The predicted molar refractivity (Wildman–Crippen MR) is 58.3 cm³/mol. The highest BCUT2D eigenvalue weighted by molar-refractivity contribution is 7.18. The van der Waals surface area contributed by atoms with E-state index in [1.807, 2.05) is 6.92 Å². The van der Waals surface area contributed by atoms with Gasteiger partial charge in [0.15, 0.2) is 0 Å². The fraction of sp³-hybridized carbons (Fsp3) is 0.300. The summed E-state index contributed by atoms with van der Waals surface area (Å²) in [5.74, 6) is -1.30. The number of carbonyl (C=O) groups is 1. The largest absolute Gasteiger partial charge is 0.548 e. The van der Waals surface area contributed by atoms with Gasteiger partial charge in [0, 0.05) is 4.88 Å². The van der Waals surface area contributed by atoms with Gasteiger partial charge in [-0.25, -0.2) is 4.98 Å². The van der Waals surface area contributed by atoms with Gasteiger partial charge in [0.2, 0.25) is 0 Å². The van der Waals surface area contributed by atoms with Crippen molar-refractivity contribution >= 4 is 27.5 Å². The second kappa shape index (κ2) is 4.05. The number of carbonyl (C=O) groups excluding carboxylic acids is 1. The highest BCUT2D eigenvalue weighted by Gasteiger charge is 2.07. The Kier molecular flexibility index (Phi) is 2.74. The highest BCUT2D eigenvalue weighted by Crippen LogP contribution is 2.20. The zero-order chi connectivity index (χ0) is 11.7. The summed E-state index contributed by atoms with van der Waals surface area (Å²) in [6.45, 7) is 1.53. The molecule has 0 saturated carbocycles. The fourth-order valence-electron chi connectivity index (χ4n) is 1.44. The molecule has 0 N–H and O–H groups in total. The van der Waals surface area contributed by atoms with E-state index < -0.39 is 12.5 Å². The lowest BCUT2D eigenvalue weighted by molar-refractivity contribution is -0.306. The second-order valence-electron chi connectivity index (χ2n) is 3.33. The molecule has 0 aliphatic heterocycles. The van der Waals surface area contributed by atoms with Crippen molar-refractivity contribution in [3.63, 3.8) is 0 Å². The van der Waals surface area contributed by atoms with E-state index in [0.29, 0.717) is 10.2 Å². The van der Waals surface area contributed by atoms with E-state index in [1.165, 1.54) is 17.7 Å². The number of aryl methyl sites for hydroxylation is 1. The summed E-state index contributed by atoms with van der Waals surface area (Å²) < 4.78 is 1.05. The van der Waals surface area contributed by atoms with Crippen LogP contribution in [0.15, 0.2) is 17.2 Å². The first-order valence-electron chi connectivity index (χ1n) is 4.79. The standard InChI is InChI=1S/C10H10N2O3S/c1-2-6-3-7-9(16-6)11-5-12(10(7)15)4-8(13)14/h3,5H,2,4H2,1H3,(H,13,14)/p-1. The molecule has 0 bridgehead atoms. The number of hydrogen-bond donors (Lipinski definition) is 0. The molecule has 0 amide bonds. The van der Waals surface area contributed by atoms with Gasteiger partial charge >= 0.3 is 0 Å². The van der Waals surface area contributed by atoms with Crippen molar-refractivity contribution in [2.24, 2.45) is 0 Å². The molecular formula is C10H9N2O3S-. The topological polar surface area (TPSA) is 75.0 Å². The average molecular weight is 237 g/mol. The lowest BCUT2D eigenvalue weighted by atomic mass is 10.3. The number of rotatable bonds is 3. The van der Waals surface area contributed by atoms with Gasteiger partial charge in [0.05, 0.1) is 24.2 Å². The number of nitrogens with zero attached hydrogens (tertiary/aromatic N) is 2. The Morgan fingerprint density at radius 1 is 1.62 bits per heavy atom. The third-order valence-electron chi connectivity index (χ3n) is 2.22. The first kappa shape index (κ1) is 10.8. The van der Waals surface area contributed by atoms with Crippen molar-refractivity contribution in [1.82, 2.24) is 9.55 Å². The zero-order valence-corrected chi connectivity index (χ0v) is 9.41. The summed E-state index contributed by atoms with van der Waals surface area (Å²) in [5, 5.41) is 10.9. The molecule has 0 saturated heterocycles. The van der Waals surface area contributed by atoms with Crippen LogP contribution in [-0.2, 0) is 17.8 Å². The van der Waals surface area contributed by atoms with Gasteiger partial charge in [0.1, 0.15) is 4.83 Å². The average Bonchev–Trinajstić information content (AvgIpc) is 2.65. The predicted octanol–water partition coefficient (Wildman–Crippen LogP) is -0.230. The molecule has 6 heteroatoms. The maximum absolute atomic E-state index is 11.8. The summed E-state index contributed by atoms with van der Waals surface area (Å²) in [6.07, 6.45) is 2.08. The van der Waals surface area contributed by atoms with Crippen LogP contribution in [0, 0.1) is 0 Å². The first-order valence-corrected chi connectivity index (χ1v) is 5.61. The van der Waals surface area contributed by atoms with E-state index in [0.717, 1.165) is 15.9 Å². The van der Waals surface area contributed by atoms with Gasteiger partial charge in [0.25, 0.3) is 5.56 Å². The molecular weight excluding hydrogens is 228 g/mol. The number of hydrogen-bond acceptors (Lipinski definition) is 5. The van der Waals surface area contributed by atoms with Crippen LogP contribution < -0.4 is 10.7 Å². The van der Waals surface area contributed by atoms with Gasteiger partial charge in [-0.2, -0.15) is 0 Å². The SMILES string of the molecule is CCc1cc2c(=O)n(CC(=O)[O-])cnc2s1. The maximum atomic E-state index is 11.8. The Morgan fingerprint density at radius 3 is 3.00 bits per heavy atom. The molecule has 0 fully saturated rings. The normalized spacial score (nSPS) is 10.8. The number of aliphatic carboxylic acids is 1. The van der Waals surface area contributed by atoms with Crippen LogP contribution in [0.1, 0.15) is 11.8 Å². The van der Waals surface area contributed by atoms with E-state index in [9.17, 15) is 14.7 Å². The Bertz CT molecular complexity index is 600. The molecule has 5 nitrogen and oxygen atoms in total. The van der Waals surface area contributed by atoms with Crippen LogP contribution in [0.3, 0.4) is 0 Å². The van der Waals surface area contributed by atoms with Crippen LogP contribution in [-0.4, -0.2) is 15.5 Å². The van der Waals surface area contributed by atoms with Crippen molar-refractivity contribution in [2.75, 3.05) is 0 Å². The van der Waals surface area contributed by atoms with Gasteiger partial charge in [-0.15, -0.1) is 11.3 Å². The maximum Gasteiger partial charge on any atom is 0.262 e. The molecule has 0 aromatic carbocycles.